The fraction of sp³-hybridized carbons (Fsp3) is 0.0800. The second-order valence-electron chi connectivity index (χ2n) is 8.04. The molecule has 0 radical (unpaired) electrons. The van der Waals surface area contributed by atoms with Crippen molar-refractivity contribution in [2.45, 2.75) is 6.92 Å². The van der Waals surface area contributed by atoms with Crippen LogP contribution < -0.4 is 20.3 Å². The summed E-state index contributed by atoms with van der Waals surface area (Å²) < 4.78 is 13.6. The third-order valence-electron chi connectivity index (χ3n) is 5.53. The molecule has 0 bridgehead atoms. The van der Waals surface area contributed by atoms with Crippen molar-refractivity contribution >= 4 is 28.8 Å². The molecule has 178 valence electrons. The molecule has 4 heterocycles. The third-order valence-corrected chi connectivity index (χ3v) is 5.53. The maximum atomic E-state index is 12.8. The van der Waals surface area contributed by atoms with E-state index in [-0.39, 0.29) is 24.2 Å². The Labute approximate surface area is 203 Å². The molecule has 36 heavy (non-hydrogen) atoms. The summed E-state index contributed by atoms with van der Waals surface area (Å²) in [6.45, 7) is 1.96. The van der Waals surface area contributed by atoms with Crippen molar-refractivity contribution in [3.8, 4) is 23.1 Å². The highest BCUT2D eigenvalue weighted by Gasteiger charge is 2.17. The van der Waals surface area contributed by atoms with Crippen molar-refractivity contribution in [3.05, 3.63) is 88.5 Å². The zero-order valence-corrected chi connectivity index (χ0v) is 19.0. The van der Waals surface area contributed by atoms with Crippen LogP contribution in [-0.4, -0.2) is 42.2 Å². The van der Waals surface area contributed by atoms with E-state index in [0.717, 1.165) is 11.3 Å². The van der Waals surface area contributed by atoms with Gasteiger partial charge in [0.15, 0.2) is 17.1 Å². The summed E-state index contributed by atoms with van der Waals surface area (Å²) in [5.74, 6) is 1.41. The SMILES string of the molecule is Cc1cc(NC(=O)C=Cc2ccc3c(c2)OCO3)n(-c2nc3c(cnn3-c3ccccc3)c(=O)[nH]2)n1. The summed E-state index contributed by atoms with van der Waals surface area (Å²) in [6, 6.07) is 16.5. The molecular formula is C25H19N7O4. The molecule has 6 rings (SSSR count). The number of para-hydroxylation sites is 1. The molecule has 0 saturated carbocycles. The van der Waals surface area contributed by atoms with Crippen LogP contribution in [0.4, 0.5) is 5.82 Å². The van der Waals surface area contributed by atoms with E-state index < -0.39 is 0 Å². The number of H-pyrrole nitrogens is 1. The van der Waals surface area contributed by atoms with Gasteiger partial charge in [-0.25, -0.2) is 4.68 Å². The monoisotopic (exact) mass is 481 g/mol. The lowest BCUT2D eigenvalue weighted by Gasteiger charge is -2.08. The molecule has 11 nitrogen and oxygen atoms in total. The average Bonchev–Trinajstić information content (AvgIpc) is 3.61. The number of hydrogen-bond acceptors (Lipinski definition) is 7. The molecule has 2 N–H and O–H groups in total. The van der Waals surface area contributed by atoms with E-state index in [1.165, 1.54) is 17.0 Å². The van der Waals surface area contributed by atoms with E-state index in [4.69, 9.17) is 9.47 Å². The van der Waals surface area contributed by atoms with Gasteiger partial charge in [0, 0.05) is 12.1 Å². The molecule has 3 aromatic heterocycles. The Morgan fingerprint density at radius 2 is 1.92 bits per heavy atom. The number of ether oxygens (including phenoxy) is 2. The molecule has 0 spiro atoms. The van der Waals surface area contributed by atoms with Gasteiger partial charge in [0.1, 0.15) is 11.2 Å². The first-order valence-corrected chi connectivity index (χ1v) is 11.0. The molecule has 2 aromatic carbocycles. The van der Waals surface area contributed by atoms with Crippen LogP contribution in [0.1, 0.15) is 11.3 Å². The molecule has 0 saturated heterocycles. The molecule has 0 aliphatic carbocycles. The van der Waals surface area contributed by atoms with Crippen LogP contribution >= 0.6 is 0 Å². The topological polar surface area (TPSA) is 129 Å². The number of carbonyl (C=O) groups is 1. The number of carbonyl (C=O) groups excluding carboxylic acids is 1. The van der Waals surface area contributed by atoms with Gasteiger partial charge in [-0.3, -0.25) is 14.6 Å². The maximum Gasteiger partial charge on any atom is 0.263 e. The molecule has 5 aromatic rings. The van der Waals surface area contributed by atoms with Gasteiger partial charge in [-0.05, 0) is 42.8 Å². The molecule has 1 aliphatic rings. The number of fused-ring (bicyclic) bond motifs is 2. The lowest BCUT2D eigenvalue weighted by molar-refractivity contribution is -0.111. The average molecular weight is 481 g/mol. The van der Waals surface area contributed by atoms with Gasteiger partial charge in [0.05, 0.1) is 17.6 Å². The fourth-order valence-corrected chi connectivity index (χ4v) is 3.87. The van der Waals surface area contributed by atoms with E-state index in [1.54, 1.807) is 35.9 Å². The van der Waals surface area contributed by atoms with Crippen molar-refractivity contribution < 1.29 is 14.3 Å². The zero-order chi connectivity index (χ0) is 24.6. The fourth-order valence-electron chi connectivity index (χ4n) is 3.87. The number of amides is 1. The molecule has 11 heteroatoms. The van der Waals surface area contributed by atoms with E-state index in [1.807, 2.05) is 36.4 Å². The third kappa shape index (κ3) is 3.88. The number of aromatic amines is 1. The van der Waals surface area contributed by atoms with Crippen molar-refractivity contribution in [1.29, 1.82) is 0 Å². The van der Waals surface area contributed by atoms with Crippen LogP contribution in [-0.2, 0) is 4.79 Å². The van der Waals surface area contributed by atoms with Crippen molar-refractivity contribution in [2.24, 2.45) is 0 Å². The molecule has 1 amide bonds. The summed E-state index contributed by atoms with van der Waals surface area (Å²) in [5, 5.41) is 11.9. The first-order valence-electron chi connectivity index (χ1n) is 11.0. The van der Waals surface area contributed by atoms with Gasteiger partial charge in [0.2, 0.25) is 18.6 Å². The van der Waals surface area contributed by atoms with Crippen LogP contribution in [0.5, 0.6) is 11.5 Å². The number of anilines is 1. The number of nitrogens with one attached hydrogen (secondary N) is 2. The van der Waals surface area contributed by atoms with E-state index in [9.17, 15) is 9.59 Å². The molecule has 1 aliphatic heterocycles. The highest BCUT2D eigenvalue weighted by Crippen LogP contribution is 2.32. The van der Waals surface area contributed by atoms with E-state index >= 15 is 0 Å². The summed E-state index contributed by atoms with van der Waals surface area (Å²) in [5.41, 5.74) is 2.17. The number of aryl methyl sites for hydroxylation is 1. The van der Waals surface area contributed by atoms with Gasteiger partial charge in [0.25, 0.3) is 5.56 Å². The summed E-state index contributed by atoms with van der Waals surface area (Å²) >= 11 is 0. The number of nitrogens with zero attached hydrogens (tertiary/aromatic N) is 5. The van der Waals surface area contributed by atoms with E-state index in [2.05, 4.69) is 25.5 Å². The van der Waals surface area contributed by atoms with Gasteiger partial charge >= 0.3 is 0 Å². The lowest BCUT2D eigenvalue weighted by Crippen LogP contribution is -2.18. The first-order chi connectivity index (χ1) is 17.5. The number of benzene rings is 2. The lowest BCUT2D eigenvalue weighted by atomic mass is 10.2. The standard InChI is InChI=1S/C25H19N7O4/c1-15-11-21(27-22(33)10-8-16-7-9-19-20(12-16)36-14-35-19)32(30-15)25-28-23-18(24(34)29-25)13-26-31(23)17-5-3-2-4-6-17/h2-13H,14H2,1H3,(H,27,33)(H,28,29,34). The maximum absolute atomic E-state index is 12.8. The minimum atomic E-state index is -0.383. The predicted molar refractivity (Wildman–Crippen MR) is 132 cm³/mol. The van der Waals surface area contributed by atoms with Crippen molar-refractivity contribution in [2.75, 3.05) is 12.1 Å². The Morgan fingerprint density at radius 1 is 1.08 bits per heavy atom. The molecular weight excluding hydrogens is 462 g/mol. The summed E-state index contributed by atoms with van der Waals surface area (Å²) in [7, 11) is 0. The van der Waals surface area contributed by atoms with Gasteiger partial charge in [-0.15, -0.1) is 0 Å². The number of rotatable bonds is 5. The molecule has 0 atom stereocenters. The van der Waals surface area contributed by atoms with Gasteiger partial charge in [-0.2, -0.15) is 19.9 Å². The van der Waals surface area contributed by atoms with Crippen molar-refractivity contribution in [3.63, 3.8) is 0 Å². The Balaban J connectivity index is 1.31. The second kappa shape index (κ2) is 8.55. The zero-order valence-electron chi connectivity index (χ0n) is 19.0. The van der Waals surface area contributed by atoms with Gasteiger partial charge < -0.3 is 14.8 Å². The number of hydrogen-bond donors (Lipinski definition) is 2. The van der Waals surface area contributed by atoms with Crippen molar-refractivity contribution in [1.82, 2.24) is 29.5 Å². The Morgan fingerprint density at radius 3 is 2.78 bits per heavy atom. The predicted octanol–water partition coefficient (Wildman–Crippen LogP) is 2.98. The highest BCUT2D eigenvalue weighted by atomic mass is 16.7. The second-order valence-corrected chi connectivity index (χ2v) is 8.04. The van der Waals surface area contributed by atoms with Crippen LogP contribution in [0, 0.1) is 6.92 Å². The van der Waals surface area contributed by atoms with Crippen LogP contribution in [0.3, 0.4) is 0 Å². The Kier molecular flexibility index (Phi) is 5.07. The van der Waals surface area contributed by atoms with Crippen LogP contribution in [0.25, 0.3) is 28.7 Å². The largest absolute Gasteiger partial charge is 0.454 e. The quantitative estimate of drug-likeness (QED) is 0.369. The summed E-state index contributed by atoms with van der Waals surface area (Å²) in [4.78, 5) is 32.8. The first kappa shape index (κ1) is 21.4. The van der Waals surface area contributed by atoms with E-state index in [0.29, 0.717) is 34.0 Å². The molecule has 0 unspecified atom stereocenters. The minimum absolute atomic E-state index is 0.147. The minimum Gasteiger partial charge on any atom is -0.454 e. The summed E-state index contributed by atoms with van der Waals surface area (Å²) in [6.07, 6.45) is 4.53. The Bertz CT molecular complexity index is 1700. The van der Waals surface area contributed by atoms with Crippen LogP contribution in [0.2, 0.25) is 0 Å². The van der Waals surface area contributed by atoms with Crippen LogP contribution in [0.15, 0.2) is 71.7 Å². The molecule has 0 fully saturated rings. The highest BCUT2D eigenvalue weighted by molar-refractivity contribution is 6.01. The number of aromatic nitrogens is 6. The normalized spacial score (nSPS) is 12.5. The van der Waals surface area contributed by atoms with Gasteiger partial charge in [-0.1, -0.05) is 24.3 Å². The Hall–Kier alpha value is -5.19. The smallest absolute Gasteiger partial charge is 0.263 e.